The van der Waals surface area contributed by atoms with Gasteiger partial charge in [-0.25, -0.2) is 0 Å². The molecule has 0 atom stereocenters. The van der Waals surface area contributed by atoms with Gasteiger partial charge in [0.2, 0.25) is 0 Å². The standard InChI is InChI=1S/C11H12N2/c1-2-8-6-9-10(12)4-3-5-11(9)13-7-8/h3-7H,2,12H2,1H3. The number of benzene rings is 1. The van der Waals surface area contributed by atoms with Crippen molar-refractivity contribution >= 4 is 16.6 Å². The number of aromatic nitrogens is 1. The Kier molecular flexibility index (Phi) is 1.89. The molecule has 0 spiro atoms. The summed E-state index contributed by atoms with van der Waals surface area (Å²) >= 11 is 0. The third kappa shape index (κ3) is 1.35. The smallest absolute Gasteiger partial charge is 0.0722 e. The maximum atomic E-state index is 5.84. The summed E-state index contributed by atoms with van der Waals surface area (Å²) in [6.07, 6.45) is 2.90. The first-order valence-electron chi connectivity index (χ1n) is 4.44. The molecule has 1 heterocycles. The Labute approximate surface area is 77.4 Å². The Morgan fingerprint density at radius 1 is 1.38 bits per heavy atom. The van der Waals surface area contributed by atoms with Crippen molar-refractivity contribution in [2.45, 2.75) is 13.3 Å². The van der Waals surface area contributed by atoms with Crippen molar-refractivity contribution in [1.82, 2.24) is 4.98 Å². The lowest BCUT2D eigenvalue weighted by Crippen LogP contribution is -1.90. The van der Waals surface area contributed by atoms with E-state index >= 15 is 0 Å². The van der Waals surface area contributed by atoms with Crippen LogP contribution in [0.5, 0.6) is 0 Å². The van der Waals surface area contributed by atoms with Gasteiger partial charge in [0.1, 0.15) is 0 Å². The summed E-state index contributed by atoms with van der Waals surface area (Å²) in [5.41, 5.74) is 8.84. The van der Waals surface area contributed by atoms with Crippen molar-refractivity contribution in [3.63, 3.8) is 0 Å². The summed E-state index contributed by atoms with van der Waals surface area (Å²) in [6.45, 7) is 2.11. The Bertz CT molecular complexity index is 435. The highest BCUT2D eigenvalue weighted by molar-refractivity contribution is 5.90. The van der Waals surface area contributed by atoms with Crippen LogP contribution in [-0.4, -0.2) is 4.98 Å². The van der Waals surface area contributed by atoms with Crippen LogP contribution in [0.1, 0.15) is 12.5 Å². The van der Waals surface area contributed by atoms with Crippen LogP contribution >= 0.6 is 0 Å². The molecule has 66 valence electrons. The zero-order valence-corrected chi connectivity index (χ0v) is 7.62. The summed E-state index contributed by atoms with van der Waals surface area (Å²) in [4.78, 5) is 4.33. The lowest BCUT2D eigenvalue weighted by atomic mass is 10.1. The van der Waals surface area contributed by atoms with Crippen molar-refractivity contribution in [1.29, 1.82) is 0 Å². The number of hydrogen-bond acceptors (Lipinski definition) is 2. The molecule has 0 aliphatic carbocycles. The number of fused-ring (bicyclic) bond motifs is 1. The van der Waals surface area contributed by atoms with Crippen molar-refractivity contribution in [3.8, 4) is 0 Å². The van der Waals surface area contributed by atoms with E-state index in [1.165, 1.54) is 5.56 Å². The van der Waals surface area contributed by atoms with Gasteiger partial charge in [0.15, 0.2) is 0 Å². The Morgan fingerprint density at radius 2 is 2.23 bits per heavy atom. The Morgan fingerprint density at radius 3 is 3.00 bits per heavy atom. The quantitative estimate of drug-likeness (QED) is 0.671. The van der Waals surface area contributed by atoms with E-state index in [9.17, 15) is 0 Å². The zero-order chi connectivity index (χ0) is 9.26. The van der Waals surface area contributed by atoms with Crippen LogP contribution in [0, 0.1) is 0 Å². The van der Waals surface area contributed by atoms with Gasteiger partial charge in [0.05, 0.1) is 5.52 Å². The molecule has 0 fully saturated rings. The molecule has 0 saturated carbocycles. The van der Waals surface area contributed by atoms with Crippen molar-refractivity contribution < 1.29 is 0 Å². The molecule has 1 aromatic heterocycles. The number of aryl methyl sites for hydroxylation is 1. The van der Waals surface area contributed by atoms with Crippen LogP contribution in [-0.2, 0) is 6.42 Å². The van der Waals surface area contributed by atoms with E-state index < -0.39 is 0 Å². The Hall–Kier alpha value is -1.57. The molecule has 0 aliphatic rings. The number of pyridine rings is 1. The van der Waals surface area contributed by atoms with Gasteiger partial charge in [-0.15, -0.1) is 0 Å². The van der Waals surface area contributed by atoms with Crippen LogP contribution < -0.4 is 5.73 Å². The molecule has 13 heavy (non-hydrogen) atoms. The number of rotatable bonds is 1. The molecule has 2 aromatic rings. The first-order valence-corrected chi connectivity index (χ1v) is 4.44. The van der Waals surface area contributed by atoms with Crippen LogP contribution in [0.4, 0.5) is 5.69 Å². The molecule has 2 heteroatoms. The SMILES string of the molecule is CCc1cnc2cccc(N)c2c1. The minimum atomic E-state index is 0.806. The van der Waals surface area contributed by atoms with Gasteiger partial charge in [-0.05, 0) is 30.2 Å². The van der Waals surface area contributed by atoms with Gasteiger partial charge in [0.25, 0.3) is 0 Å². The van der Waals surface area contributed by atoms with Crippen LogP contribution in [0.2, 0.25) is 0 Å². The molecule has 0 saturated heterocycles. The van der Waals surface area contributed by atoms with Crippen molar-refractivity contribution in [2.24, 2.45) is 0 Å². The number of nitrogen functional groups attached to an aromatic ring is 1. The summed E-state index contributed by atoms with van der Waals surface area (Å²) < 4.78 is 0. The maximum absolute atomic E-state index is 5.84. The number of hydrogen-bond donors (Lipinski definition) is 1. The number of nitrogens with zero attached hydrogens (tertiary/aromatic N) is 1. The van der Waals surface area contributed by atoms with Gasteiger partial charge >= 0.3 is 0 Å². The third-order valence-corrected chi connectivity index (χ3v) is 2.22. The van der Waals surface area contributed by atoms with Gasteiger partial charge in [-0.1, -0.05) is 13.0 Å². The first kappa shape index (κ1) is 8.05. The topological polar surface area (TPSA) is 38.9 Å². The largest absolute Gasteiger partial charge is 0.398 e. The molecule has 1 aromatic carbocycles. The number of nitrogens with two attached hydrogens (primary N) is 1. The average molecular weight is 172 g/mol. The third-order valence-electron chi connectivity index (χ3n) is 2.22. The summed E-state index contributed by atoms with van der Waals surface area (Å²) in [7, 11) is 0. The van der Waals surface area contributed by atoms with Crippen molar-refractivity contribution in [2.75, 3.05) is 5.73 Å². The summed E-state index contributed by atoms with van der Waals surface area (Å²) in [5, 5.41) is 1.06. The zero-order valence-electron chi connectivity index (χ0n) is 7.62. The maximum Gasteiger partial charge on any atom is 0.0722 e. The lowest BCUT2D eigenvalue weighted by molar-refractivity contribution is 1.12. The molecular weight excluding hydrogens is 160 g/mol. The molecule has 2 rings (SSSR count). The fourth-order valence-corrected chi connectivity index (χ4v) is 1.41. The van der Waals surface area contributed by atoms with E-state index in [-0.39, 0.29) is 0 Å². The highest BCUT2D eigenvalue weighted by Gasteiger charge is 1.98. The molecule has 0 unspecified atom stereocenters. The van der Waals surface area contributed by atoms with E-state index in [1.54, 1.807) is 0 Å². The molecule has 2 N–H and O–H groups in total. The molecule has 0 radical (unpaired) electrons. The predicted molar refractivity (Wildman–Crippen MR) is 55.5 cm³/mol. The summed E-state index contributed by atoms with van der Waals surface area (Å²) in [6, 6.07) is 7.92. The van der Waals surface area contributed by atoms with E-state index in [4.69, 9.17) is 5.73 Å². The lowest BCUT2D eigenvalue weighted by Gasteiger charge is -2.02. The van der Waals surface area contributed by atoms with Gasteiger partial charge < -0.3 is 5.73 Å². The average Bonchev–Trinajstić information content (AvgIpc) is 2.18. The summed E-state index contributed by atoms with van der Waals surface area (Å²) in [5.74, 6) is 0. The normalized spacial score (nSPS) is 10.5. The van der Waals surface area contributed by atoms with Gasteiger partial charge in [-0.3, -0.25) is 4.98 Å². The second-order valence-electron chi connectivity index (χ2n) is 3.11. The van der Waals surface area contributed by atoms with E-state index in [0.717, 1.165) is 23.0 Å². The fourth-order valence-electron chi connectivity index (χ4n) is 1.41. The highest BCUT2D eigenvalue weighted by Crippen LogP contribution is 2.19. The number of anilines is 1. The second-order valence-corrected chi connectivity index (χ2v) is 3.11. The minimum absolute atomic E-state index is 0.806. The van der Waals surface area contributed by atoms with Crippen molar-refractivity contribution in [3.05, 3.63) is 36.0 Å². The van der Waals surface area contributed by atoms with Crippen LogP contribution in [0.15, 0.2) is 30.5 Å². The second kappa shape index (κ2) is 3.05. The first-order chi connectivity index (χ1) is 6.31. The van der Waals surface area contributed by atoms with E-state index in [1.807, 2.05) is 24.4 Å². The van der Waals surface area contributed by atoms with Crippen LogP contribution in [0.3, 0.4) is 0 Å². The van der Waals surface area contributed by atoms with E-state index in [0.29, 0.717) is 0 Å². The van der Waals surface area contributed by atoms with E-state index in [2.05, 4.69) is 18.0 Å². The van der Waals surface area contributed by atoms with Crippen LogP contribution in [0.25, 0.3) is 10.9 Å². The van der Waals surface area contributed by atoms with Gasteiger partial charge in [-0.2, -0.15) is 0 Å². The monoisotopic (exact) mass is 172 g/mol. The minimum Gasteiger partial charge on any atom is -0.398 e. The van der Waals surface area contributed by atoms with Gasteiger partial charge in [0, 0.05) is 17.3 Å². The molecule has 0 aliphatic heterocycles. The highest BCUT2D eigenvalue weighted by atomic mass is 14.7. The fraction of sp³-hybridized carbons (Fsp3) is 0.182. The predicted octanol–water partition coefficient (Wildman–Crippen LogP) is 2.38. The molecule has 2 nitrogen and oxygen atoms in total. The molecule has 0 amide bonds. The Balaban J connectivity index is 2.74. The molecule has 0 bridgehead atoms. The molecular formula is C11H12N2.